The molecule has 0 radical (unpaired) electrons. The van der Waals surface area contributed by atoms with E-state index in [1.807, 2.05) is 36.5 Å². The summed E-state index contributed by atoms with van der Waals surface area (Å²) >= 11 is 0. The maximum absolute atomic E-state index is 11.8. The average Bonchev–Trinajstić information content (AvgIpc) is 2.78. The van der Waals surface area contributed by atoms with E-state index in [9.17, 15) is 19.3 Å². The highest BCUT2D eigenvalue weighted by molar-refractivity contribution is 7.46. The zero-order valence-electron chi connectivity index (χ0n) is 20.8. The Morgan fingerprint density at radius 1 is 0.943 bits per heavy atom. The van der Waals surface area contributed by atoms with Crippen LogP contribution in [0, 0.1) is 0 Å². The molecule has 0 aliphatic carbocycles. The molecule has 0 amide bonds. The second kappa shape index (κ2) is 21.3. The Morgan fingerprint density at radius 2 is 1.66 bits per heavy atom. The number of hydrogen-bond acceptors (Lipinski definition) is 7. The molecule has 0 bridgehead atoms. The molecule has 0 aromatic carbocycles. The molecular formula is C25H41O9P. The van der Waals surface area contributed by atoms with Gasteiger partial charge >= 0.3 is 19.8 Å². The highest BCUT2D eigenvalue weighted by atomic mass is 31.2. The van der Waals surface area contributed by atoms with Gasteiger partial charge in [0.05, 0.1) is 12.7 Å². The van der Waals surface area contributed by atoms with Crippen LogP contribution in [0.15, 0.2) is 48.6 Å². The molecule has 9 nitrogen and oxygen atoms in total. The van der Waals surface area contributed by atoms with Gasteiger partial charge in [-0.1, -0.05) is 68.4 Å². The Hall–Kier alpha value is -2.03. The van der Waals surface area contributed by atoms with Crippen LogP contribution >= 0.6 is 7.82 Å². The Balaban J connectivity index is 3.96. The fourth-order valence-corrected chi connectivity index (χ4v) is 3.10. The first-order chi connectivity index (χ1) is 16.6. The fraction of sp³-hybridized carbons (Fsp3) is 0.600. The van der Waals surface area contributed by atoms with Crippen molar-refractivity contribution in [1.82, 2.24) is 0 Å². The maximum Gasteiger partial charge on any atom is 0.469 e. The van der Waals surface area contributed by atoms with Crippen molar-refractivity contribution in [2.75, 3.05) is 13.2 Å². The molecule has 0 spiro atoms. The number of carbonyl (C=O) groups is 2. The number of unbranched alkanes of at least 4 members (excludes halogenated alkanes) is 4. The second-order valence-corrected chi connectivity index (χ2v) is 9.12. The number of allylic oxidation sites excluding steroid dienone is 6. The van der Waals surface area contributed by atoms with Crippen molar-refractivity contribution in [2.45, 2.75) is 83.8 Å². The Kier molecular flexibility index (Phi) is 20.0. The molecule has 0 heterocycles. The quantitative estimate of drug-likeness (QED) is 0.0691. The molecule has 3 N–H and O–H groups in total. The van der Waals surface area contributed by atoms with Gasteiger partial charge in [0, 0.05) is 13.3 Å². The first kappa shape index (κ1) is 33.0. The van der Waals surface area contributed by atoms with Gasteiger partial charge in [0.1, 0.15) is 6.61 Å². The average molecular weight is 517 g/mol. The number of ether oxygens (including phenoxy) is 2. The summed E-state index contributed by atoms with van der Waals surface area (Å²) in [6, 6.07) is 0. The predicted octanol–water partition coefficient (Wildman–Crippen LogP) is 4.69. The van der Waals surface area contributed by atoms with E-state index in [1.165, 1.54) is 19.3 Å². The molecule has 0 fully saturated rings. The number of esters is 2. The SMILES string of the molecule is CCCCC/C=C\C[C@@H](O)/C=C/C=C\C/C=C\CCCC(=O)OC[C@H](COP(=O)(O)O)OC(C)=O. The van der Waals surface area contributed by atoms with Gasteiger partial charge in [0.15, 0.2) is 6.10 Å². The molecule has 0 rings (SSSR count). The molecule has 2 atom stereocenters. The van der Waals surface area contributed by atoms with Gasteiger partial charge in [0.2, 0.25) is 0 Å². The van der Waals surface area contributed by atoms with E-state index < -0.39 is 38.6 Å². The van der Waals surface area contributed by atoms with E-state index in [-0.39, 0.29) is 13.0 Å². The van der Waals surface area contributed by atoms with Gasteiger partial charge in [-0.3, -0.25) is 14.1 Å². The fourth-order valence-electron chi connectivity index (χ4n) is 2.74. The monoisotopic (exact) mass is 516 g/mol. The summed E-state index contributed by atoms with van der Waals surface area (Å²) in [5.74, 6) is -1.19. The normalized spacial score (nSPS) is 14.3. The minimum atomic E-state index is -4.72. The van der Waals surface area contributed by atoms with Crippen LogP contribution in [-0.2, 0) is 28.2 Å². The summed E-state index contributed by atoms with van der Waals surface area (Å²) in [6.07, 6.45) is 21.3. The van der Waals surface area contributed by atoms with E-state index in [2.05, 4.69) is 17.5 Å². The Bertz CT molecular complexity index is 737. The molecule has 0 saturated carbocycles. The predicted molar refractivity (Wildman–Crippen MR) is 134 cm³/mol. The highest BCUT2D eigenvalue weighted by Crippen LogP contribution is 2.35. The van der Waals surface area contributed by atoms with Crippen molar-refractivity contribution in [1.29, 1.82) is 0 Å². The van der Waals surface area contributed by atoms with Gasteiger partial charge in [0.25, 0.3) is 0 Å². The smallest absolute Gasteiger partial charge is 0.462 e. The lowest BCUT2D eigenvalue weighted by Gasteiger charge is -2.17. The van der Waals surface area contributed by atoms with Gasteiger partial charge in [-0.15, -0.1) is 0 Å². The molecule has 200 valence electrons. The third-order valence-electron chi connectivity index (χ3n) is 4.48. The summed E-state index contributed by atoms with van der Waals surface area (Å²) < 4.78 is 24.9. The van der Waals surface area contributed by atoms with E-state index in [1.54, 1.807) is 6.08 Å². The van der Waals surface area contributed by atoms with Crippen molar-refractivity contribution >= 4 is 19.8 Å². The molecule has 0 aliphatic heterocycles. The van der Waals surface area contributed by atoms with Crippen molar-refractivity contribution in [2.24, 2.45) is 0 Å². The third kappa shape index (κ3) is 24.9. The summed E-state index contributed by atoms with van der Waals surface area (Å²) in [7, 11) is -4.72. The van der Waals surface area contributed by atoms with Gasteiger partial charge in [-0.05, 0) is 38.5 Å². The van der Waals surface area contributed by atoms with Crippen LogP contribution in [0.1, 0.15) is 71.6 Å². The molecule has 0 saturated heterocycles. The van der Waals surface area contributed by atoms with E-state index >= 15 is 0 Å². The van der Waals surface area contributed by atoms with Gasteiger partial charge in [-0.2, -0.15) is 0 Å². The zero-order chi connectivity index (χ0) is 26.4. The number of carbonyl (C=O) groups excluding carboxylic acids is 2. The summed E-state index contributed by atoms with van der Waals surface area (Å²) in [6.45, 7) is 2.37. The van der Waals surface area contributed by atoms with Gasteiger partial charge in [-0.25, -0.2) is 4.57 Å². The number of hydrogen-bond donors (Lipinski definition) is 3. The molecule has 0 aromatic rings. The Morgan fingerprint density at radius 3 is 2.34 bits per heavy atom. The lowest BCUT2D eigenvalue weighted by molar-refractivity contribution is -0.159. The third-order valence-corrected chi connectivity index (χ3v) is 4.97. The lowest BCUT2D eigenvalue weighted by atomic mass is 10.1. The molecule has 10 heteroatoms. The van der Waals surface area contributed by atoms with E-state index in [0.29, 0.717) is 19.3 Å². The minimum absolute atomic E-state index is 0.153. The summed E-state index contributed by atoms with van der Waals surface area (Å²) in [4.78, 5) is 40.3. The van der Waals surface area contributed by atoms with Gasteiger partial charge < -0.3 is 24.4 Å². The van der Waals surface area contributed by atoms with Crippen LogP contribution in [0.4, 0.5) is 0 Å². The molecule has 35 heavy (non-hydrogen) atoms. The first-order valence-corrected chi connectivity index (χ1v) is 13.5. The first-order valence-electron chi connectivity index (χ1n) is 12.0. The molecule has 0 aliphatic rings. The molecule has 0 aromatic heterocycles. The standard InChI is InChI=1S/C25H41O9P/c1-3-4-5-6-11-14-17-23(27)18-15-12-9-7-8-10-13-16-19-25(28)32-20-24(34-22(2)26)21-33-35(29,30)31/h8-12,14-15,18,23-24,27H,3-7,13,16-17,19-21H2,1-2H3,(H2,29,30,31)/b10-8-,12-9-,14-11-,18-15+/t23-,24-/m1/s1. The summed E-state index contributed by atoms with van der Waals surface area (Å²) in [5.41, 5.74) is 0. The van der Waals surface area contributed by atoms with E-state index in [0.717, 1.165) is 19.8 Å². The van der Waals surface area contributed by atoms with Crippen LogP contribution < -0.4 is 0 Å². The topological polar surface area (TPSA) is 140 Å². The number of phosphoric acid groups is 1. The second-order valence-electron chi connectivity index (χ2n) is 7.88. The van der Waals surface area contributed by atoms with Crippen molar-refractivity contribution in [3.63, 3.8) is 0 Å². The zero-order valence-corrected chi connectivity index (χ0v) is 21.7. The minimum Gasteiger partial charge on any atom is -0.462 e. The van der Waals surface area contributed by atoms with Crippen LogP contribution in [-0.4, -0.2) is 52.3 Å². The van der Waals surface area contributed by atoms with Crippen LogP contribution in [0.5, 0.6) is 0 Å². The highest BCUT2D eigenvalue weighted by Gasteiger charge is 2.21. The largest absolute Gasteiger partial charge is 0.469 e. The summed E-state index contributed by atoms with van der Waals surface area (Å²) in [5, 5.41) is 9.88. The number of rotatable bonds is 20. The number of phosphoric ester groups is 1. The van der Waals surface area contributed by atoms with Crippen molar-refractivity contribution < 1.29 is 43.0 Å². The maximum atomic E-state index is 11.8. The number of aliphatic hydroxyl groups excluding tert-OH is 1. The lowest BCUT2D eigenvalue weighted by Crippen LogP contribution is -2.28. The van der Waals surface area contributed by atoms with Crippen molar-refractivity contribution in [3.8, 4) is 0 Å². The molecular weight excluding hydrogens is 475 g/mol. The number of aliphatic hydroxyl groups is 1. The van der Waals surface area contributed by atoms with E-state index in [4.69, 9.17) is 19.3 Å². The van der Waals surface area contributed by atoms with Crippen LogP contribution in [0.3, 0.4) is 0 Å². The Labute approximate surface area is 208 Å². The van der Waals surface area contributed by atoms with Crippen LogP contribution in [0.25, 0.3) is 0 Å². The molecule has 0 unspecified atom stereocenters. The van der Waals surface area contributed by atoms with Crippen molar-refractivity contribution in [3.05, 3.63) is 48.6 Å². The van der Waals surface area contributed by atoms with Crippen LogP contribution in [0.2, 0.25) is 0 Å².